The molecule has 0 aliphatic rings. The number of aliphatic carboxylic acids is 1. The van der Waals surface area contributed by atoms with Gasteiger partial charge in [0.05, 0.1) is 6.54 Å². The first-order valence-corrected chi connectivity index (χ1v) is 4.90. The molecule has 6 heteroatoms. The normalized spacial score (nSPS) is 12.1. The summed E-state index contributed by atoms with van der Waals surface area (Å²) in [4.78, 5) is 21.9. The Morgan fingerprint density at radius 2 is 2.25 bits per heavy atom. The zero-order valence-electron chi connectivity index (χ0n) is 8.88. The van der Waals surface area contributed by atoms with Crippen LogP contribution in [0.4, 0.5) is 0 Å². The average molecular weight is 226 g/mol. The van der Waals surface area contributed by atoms with Crippen LogP contribution in [0.5, 0.6) is 0 Å². The minimum Gasteiger partial charge on any atom is -0.479 e. The summed E-state index contributed by atoms with van der Waals surface area (Å²) < 4.78 is 1.72. The fourth-order valence-electron chi connectivity index (χ4n) is 1.26. The van der Waals surface area contributed by atoms with Gasteiger partial charge in [0.2, 0.25) is 0 Å². The summed E-state index contributed by atoms with van der Waals surface area (Å²) in [7, 11) is 0. The molecular weight excluding hydrogens is 212 g/mol. The van der Waals surface area contributed by atoms with Gasteiger partial charge in [0, 0.05) is 12.7 Å². The Morgan fingerprint density at radius 3 is 2.81 bits per heavy atom. The molecule has 0 bridgehead atoms. The average Bonchev–Trinajstić information content (AvgIpc) is 2.73. The van der Waals surface area contributed by atoms with E-state index in [1.54, 1.807) is 22.9 Å². The summed E-state index contributed by atoms with van der Waals surface area (Å²) in [6.45, 7) is 2.24. The van der Waals surface area contributed by atoms with Gasteiger partial charge in [0.25, 0.3) is 5.91 Å². The predicted octanol–water partition coefficient (Wildman–Crippen LogP) is -0.317. The first-order valence-electron chi connectivity index (χ1n) is 4.90. The van der Waals surface area contributed by atoms with Crippen LogP contribution in [-0.4, -0.2) is 39.3 Å². The number of hydrogen-bond donors (Lipinski definition) is 3. The molecule has 1 heterocycles. The Balaban J connectivity index is 2.56. The Labute approximate surface area is 92.5 Å². The maximum atomic E-state index is 11.6. The maximum absolute atomic E-state index is 11.6. The highest BCUT2D eigenvalue weighted by Gasteiger charge is 2.16. The van der Waals surface area contributed by atoms with Crippen molar-refractivity contribution in [2.45, 2.75) is 19.6 Å². The van der Waals surface area contributed by atoms with Crippen LogP contribution >= 0.6 is 0 Å². The third-order valence-corrected chi connectivity index (χ3v) is 2.14. The number of carboxylic acid groups (broad SMARTS) is 1. The van der Waals surface area contributed by atoms with Crippen LogP contribution in [0, 0.1) is 0 Å². The van der Waals surface area contributed by atoms with Crippen LogP contribution in [0.25, 0.3) is 0 Å². The topological polar surface area (TPSA) is 91.6 Å². The van der Waals surface area contributed by atoms with E-state index in [0.717, 1.165) is 0 Å². The number of carbonyl (C=O) groups excluding carboxylic acids is 1. The molecule has 0 saturated heterocycles. The van der Waals surface area contributed by atoms with Crippen molar-refractivity contribution in [2.75, 3.05) is 6.54 Å². The first kappa shape index (κ1) is 12.3. The third-order valence-electron chi connectivity index (χ3n) is 2.14. The molecule has 16 heavy (non-hydrogen) atoms. The smallest absolute Gasteiger partial charge is 0.334 e. The largest absolute Gasteiger partial charge is 0.479 e. The van der Waals surface area contributed by atoms with E-state index in [4.69, 9.17) is 10.2 Å². The molecule has 6 nitrogen and oxygen atoms in total. The van der Waals surface area contributed by atoms with Crippen molar-refractivity contribution >= 4 is 11.9 Å². The molecule has 0 aliphatic carbocycles. The van der Waals surface area contributed by atoms with Gasteiger partial charge in [-0.15, -0.1) is 0 Å². The second-order valence-corrected chi connectivity index (χ2v) is 3.24. The van der Waals surface area contributed by atoms with Crippen LogP contribution in [0.2, 0.25) is 0 Å². The molecule has 0 saturated carbocycles. The van der Waals surface area contributed by atoms with E-state index >= 15 is 0 Å². The molecule has 1 aromatic heterocycles. The van der Waals surface area contributed by atoms with E-state index in [9.17, 15) is 9.59 Å². The van der Waals surface area contributed by atoms with E-state index in [1.165, 1.54) is 0 Å². The van der Waals surface area contributed by atoms with E-state index < -0.39 is 18.0 Å². The van der Waals surface area contributed by atoms with Crippen molar-refractivity contribution in [3.63, 3.8) is 0 Å². The van der Waals surface area contributed by atoms with E-state index in [1.807, 2.05) is 6.92 Å². The van der Waals surface area contributed by atoms with Gasteiger partial charge in [-0.1, -0.05) is 0 Å². The summed E-state index contributed by atoms with van der Waals surface area (Å²) in [5, 5.41) is 19.7. The van der Waals surface area contributed by atoms with Gasteiger partial charge < -0.3 is 20.1 Å². The van der Waals surface area contributed by atoms with Crippen molar-refractivity contribution in [3.8, 4) is 0 Å². The minimum atomic E-state index is -1.58. The lowest BCUT2D eigenvalue weighted by Crippen LogP contribution is -2.37. The molecule has 0 spiro atoms. The number of nitrogens with one attached hydrogen (secondary N) is 1. The molecule has 1 unspecified atom stereocenters. The van der Waals surface area contributed by atoms with Crippen molar-refractivity contribution < 1.29 is 19.8 Å². The highest BCUT2D eigenvalue weighted by Crippen LogP contribution is 2.01. The van der Waals surface area contributed by atoms with Gasteiger partial charge in [-0.05, 0) is 19.1 Å². The second kappa shape index (κ2) is 5.32. The number of aliphatic hydroxyl groups excluding tert-OH is 1. The lowest BCUT2D eigenvalue weighted by atomic mass is 10.3. The van der Waals surface area contributed by atoms with E-state index in [2.05, 4.69) is 5.32 Å². The summed E-state index contributed by atoms with van der Waals surface area (Å²) in [6, 6.07) is 3.36. The third kappa shape index (κ3) is 2.83. The number of rotatable bonds is 5. The van der Waals surface area contributed by atoms with Gasteiger partial charge in [0.15, 0.2) is 6.10 Å². The van der Waals surface area contributed by atoms with E-state index in [0.29, 0.717) is 12.2 Å². The molecule has 88 valence electrons. The lowest BCUT2D eigenvalue weighted by molar-refractivity contribution is -0.146. The van der Waals surface area contributed by atoms with Gasteiger partial charge in [0.1, 0.15) is 5.69 Å². The number of aryl methyl sites for hydroxylation is 1. The lowest BCUT2D eigenvalue weighted by Gasteiger charge is -2.09. The Hall–Kier alpha value is -1.82. The molecular formula is C10H14N2O4. The molecule has 0 aromatic carbocycles. The number of carbonyl (C=O) groups is 2. The summed E-state index contributed by atoms with van der Waals surface area (Å²) in [6.07, 6.45) is 0.178. The fraction of sp³-hybridized carbons (Fsp3) is 0.400. The van der Waals surface area contributed by atoms with Gasteiger partial charge >= 0.3 is 5.97 Å². The van der Waals surface area contributed by atoms with Crippen molar-refractivity contribution in [3.05, 3.63) is 24.0 Å². The monoisotopic (exact) mass is 226 g/mol. The zero-order chi connectivity index (χ0) is 12.1. The molecule has 1 rings (SSSR count). The minimum absolute atomic E-state index is 0.303. The van der Waals surface area contributed by atoms with Gasteiger partial charge in [-0.3, -0.25) is 4.79 Å². The summed E-state index contributed by atoms with van der Waals surface area (Å²) in [5.74, 6) is -1.75. The van der Waals surface area contributed by atoms with Crippen molar-refractivity contribution in [1.29, 1.82) is 0 Å². The van der Waals surface area contributed by atoms with Gasteiger partial charge in [-0.2, -0.15) is 0 Å². The Morgan fingerprint density at radius 1 is 1.56 bits per heavy atom. The first-order chi connectivity index (χ1) is 7.56. The van der Waals surface area contributed by atoms with Crippen LogP contribution < -0.4 is 5.32 Å². The molecule has 0 radical (unpaired) electrons. The molecule has 1 atom stereocenters. The Bertz CT molecular complexity index is 386. The van der Waals surface area contributed by atoms with Crippen LogP contribution in [0.3, 0.4) is 0 Å². The second-order valence-electron chi connectivity index (χ2n) is 3.24. The SMILES string of the molecule is CCn1cccc1C(=O)NCC(O)C(=O)O. The maximum Gasteiger partial charge on any atom is 0.334 e. The number of nitrogens with zero attached hydrogens (tertiary/aromatic N) is 1. The van der Waals surface area contributed by atoms with Crippen LogP contribution in [0.15, 0.2) is 18.3 Å². The fourth-order valence-corrected chi connectivity index (χ4v) is 1.26. The molecule has 1 amide bonds. The molecule has 0 fully saturated rings. The van der Waals surface area contributed by atoms with E-state index in [-0.39, 0.29) is 6.54 Å². The molecule has 1 aromatic rings. The highest BCUT2D eigenvalue weighted by molar-refractivity contribution is 5.93. The molecule has 0 aliphatic heterocycles. The van der Waals surface area contributed by atoms with Crippen LogP contribution in [-0.2, 0) is 11.3 Å². The van der Waals surface area contributed by atoms with Crippen molar-refractivity contribution in [2.24, 2.45) is 0 Å². The van der Waals surface area contributed by atoms with Gasteiger partial charge in [-0.25, -0.2) is 4.79 Å². The number of hydrogen-bond acceptors (Lipinski definition) is 3. The number of aromatic nitrogens is 1. The van der Waals surface area contributed by atoms with Crippen LogP contribution in [0.1, 0.15) is 17.4 Å². The highest BCUT2D eigenvalue weighted by atomic mass is 16.4. The zero-order valence-corrected chi connectivity index (χ0v) is 8.88. The summed E-state index contributed by atoms with van der Waals surface area (Å²) in [5.41, 5.74) is 0.445. The summed E-state index contributed by atoms with van der Waals surface area (Å²) >= 11 is 0. The standard InChI is InChI=1S/C10H14N2O4/c1-2-12-5-3-4-7(12)9(14)11-6-8(13)10(15)16/h3-5,8,13H,2,6H2,1H3,(H,11,14)(H,15,16). The predicted molar refractivity (Wildman–Crippen MR) is 56.1 cm³/mol. The number of amides is 1. The quantitative estimate of drug-likeness (QED) is 0.641. The molecule has 3 N–H and O–H groups in total. The number of aliphatic hydroxyl groups is 1. The number of carboxylic acids is 1. The Kier molecular flexibility index (Phi) is 4.07. The van der Waals surface area contributed by atoms with Crippen molar-refractivity contribution in [1.82, 2.24) is 9.88 Å².